The zero-order chi connectivity index (χ0) is 41.7. The molecule has 1 aromatic carbocycles. The number of likely N-dealkylation sites (tertiary alicyclic amines) is 1. The van der Waals surface area contributed by atoms with E-state index in [0.29, 0.717) is 24.9 Å². The maximum Gasteiger partial charge on any atom is 0.409 e. The van der Waals surface area contributed by atoms with Crippen molar-refractivity contribution in [3.63, 3.8) is 0 Å². The molecule has 1 saturated heterocycles. The summed E-state index contributed by atoms with van der Waals surface area (Å²) in [6.07, 6.45) is -0.712. The molecule has 0 saturated carbocycles. The van der Waals surface area contributed by atoms with E-state index in [1.54, 1.807) is 44.9 Å². The minimum Gasteiger partial charge on any atom is -0.453 e. The van der Waals surface area contributed by atoms with Crippen LogP contribution in [0.3, 0.4) is 0 Å². The predicted molar refractivity (Wildman–Crippen MR) is 212 cm³/mol. The van der Waals surface area contributed by atoms with Gasteiger partial charge in [0.1, 0.15) is 0 Å². The van der Waals surface area contributed by atoms with Gasteiger partial charge in [0.2, 0.25) is 17.7 Å². The number of ketones is 1. The van der Waals surface area contributed by atoms with Crippen LogP contribution in [0.1, 0.15) is 99.2 Å². The van der Waals surface area contributed by atoms with Crippen molar-refractivity contribution in [3.05, 3.63) is 35.9 Å². The Morgan fingerprint density at radius 3 is 2.02 bits per heavy atom. The highest BCUT2D eigenvalue weighted by atomic mass is 16.5. The number of hydrogen-bond donors (Lipinski definition) is 2. The number of nitrogens with one attached hydrogen (secondary N) is 1. The Morgan fingerprint density at radius 1 is 0.891 bits per heavy atom. The normalized spacial score (nSPS) is 19.4. The van der Waals surface area contributed by atoms with Crippen LogP contribution in [-0.4, -0.2) is 128 Å². The number of methoxy groups -OCH3 is 3. The number of aliphatic hydroxyl groups excluding tert-OH is 1. The smallest absolute Gasteiger partial charge is 0.409 e. The molecule has 312 valence electrons. The number of nitrogens with zero attached hydrogens (tertiary/aromatic N) is 3. The molecular weight excluding hydrogens is 704 g/mol. The molecule has 1 fully saturated rings. The van der Waals surface area contributed by atoms with Crippen molar-refractivity contribution in [2.75, 3.05) is 42.0 Å². The largest absolute Gasteiger partial charge is 0.453 e. The third-order valence-corrected chi connectivity index (χ3v) is 11.6. The third kappa shape index (κ3) is 12.2. The quantitative estimate of drug-likeness (QED) is 0.174. The number of aliphatic hydroxyl groups is 1. The number of ether oxygens (including phenoxy) is 3. The maximum atomic E-state index is 14.4. The molecule has 1 aliphatic rings. The molecule has 13 heteroatoms. The van der Waals surface area contributed by atoms with Gasteiger partial charge >= 0.3 is 6.09 Å². The molecule has 55 heavy (non-hydrogen) atoms. The highest BCUT2D eigenvalue weighted by molar-refractivity contribution is 5.92. The van der Waals surface area contributed by atoms with Crippen molar-refractivity contribution >= 4 is 29.6 Å². The van der Waals surface area contributed by atoms with Gasteiger partial charge in [-0.2, -0.15) is 0 Å². The Morgan fingerprint density at radius 2 is 1.51 bits per heavy atom. The van der Waals surface area contributed by atoms with E-state index in [2.05, 4.69) is 5.32 Å². The van der Waals surface area contributed by atoms with Gasteiger partial charge in [0.05, 0.1) is 61.9 Å². The van der Waals surface area contributed by atoms with Crippen molar-refractivity contribution < 1.29 is 43.3 Å². The second kappa shape index (κ2) is 22.3. The second-order valence-electron chi connectivity index (χ2n) is 16.0. The van der Waals surface area contributed by atoms with Gasteiger partial charge in [-0.15, -0.1) is 0 Å². The lowest BCUT2D eigenvalue weighted by Gasteiger charge is -2.41. The molecule has 1 heterocycles. The summed E-state index contributed by atoms with van der Waals surface area (Å²) in [5.41, 5.74) is 0.700. The fourth-order valence-electron chi connectivity index (χ4n) is 8.18. The van der Waals surface area contributed by atoms with Gasteiger partial charge in [0.15, 0.2) is 5.78 Å². The highest BCUT2D eigenvalue weighted by Crippen LogP contribution is 2.31. The number of Topliss-reactive ketones (excluding diaryl/α,β-unsaturated/α-hetero) is 1. The first kappa shape index (κ1) is 47.6. The van der Waals surface area contributed by atoms with Crippen LogP contribution in [0.2, 0.25) is 0 Å². The standard InChI is InChI=1S/C42H70N4O9/c1-14-27(6)37(44(9)41(51)31(25(2)3)23-33(47)36(26(4)5)45(10)42(52)55-13)34(53-11)24-35(48)46-22-18-21-32(46)39(54-12)28(7)40(50)43-29(8)38(49)30-19-16-15-17-20-30/h15-17,19-20,25-29,31-32,34,36-39,49H,14,18,21-24H2,1-13H3,(H,43,50)/t27-,28+,29+,31-,32-,34+,36-,37-,38+,39+/m0/s1. The van der Waals surface area contributed by atoms with Crippen molar-refractivity contribution in [1.82, 2.24) is 20.0 Å². The van der Waals surface area contributed by atoms with Gasteiger partial charge in [0.25, 0.3) is 0 Å². The molecule has 2 rings (SSSR count). The second-order valence-corrected chi connectivity index (χ2v) is 16.0. The van der Waals surface area contributed by atoms with E-state index in [-0.39, 0.29) is 60.1 Å². The summed E-state index contributed by atoms with van der Waals surface area (Å²) in [5, 5.41) is 13.8. The van der Waals surface area contributed by atoms with Crippen LogP contribution < -0.4 is 5.32 Å². The molecule has 0 aromatic heterocycles. The molecule has 0 spiro atoms. The van der Waals surface area contributed by atoms with Crippen LogP contribution in [-0.2, 0) is 33.4 Å². The first-order chi connectivity index (χ1) is 25.9. The van der Waals surface area contributed by atoms with Gasteiger partial charge in [-0.3, -0.25) is 19.2 Å². The molecule has 10 atom stereocenters. The molecule has 0 unspecified atom stereocenters. The Hall–Kier alpha value is -3.55. The number of amides is 4. The maximum absolute atomic E-state index is 14.4. The summed E-state index contributed by atoms with van der Waals surface area (Å²) < 4.78 is 16.8. The van der Waals surface area contributed by atoms with Crippen LogP contribution in [0, 0.1) is 29.6 Å². The van der Waals surface area contributed by atoms with Crippen LogP contribution in [0.4, 0.5) is 4.79 Å². The fourth-order valence-corrected chi connectivity index (χ4v) is 8.18. The van der Waals surface area contributed by atoms with Crippen LogP contribution >= 0.6 is 0 Å². The van der Waals surface area contributed by atoms with E-state index in [0.717, 1.165) is 6.42 Å². The molecule has 0 aliphatic carbocycles. The summed E-state index contributed by atoms with van der Waals surface area (Å²) in [6.45, 7) is 15.6. The summed E-state index contributed by atoms with van der Waals surface area (Å²) in [4.78, 5) is 72.9. The number of benzene rings is 1. The average molecular weight is 775 g/mol. The van der Waals surface area contributed by atoms with Crippen LogP contribution in [0.15, 0.2) is 30.3 Å². The lowest BCUT2D eigenvalue weighted by Crippen LogP contribution is -2.55. The van der Waals surface area contributed by atoms with Crippen LogP contribution in [0.25, 0.3) is 0 Å². The van der Waals surface area contributed by atoms with Gasteiger partial charge in [-0.1, -0.05) is 85.2 Å². The summed E-state index contributed by atoms with van der Waals surface area (Å²) in [6, 6.07) is 6.99. The number of rotatable bonds is 21. The zero-order valence-corrected chi connectivity index (χ0v) is 35.6. The zero-order valence-electron chi connectivity index (χ0n) is 35.6. The third-order valence-electron chi connectivity index (χ3n) is 11.6. The molecule has 1 aromatic rings. The molecule has 1 aliphatic heterocycles. The van der Waals surface area contributed by atoms with E-state index in [4.69, 9.17) is 14.2 Å². The minimum atomic E-state index is -0.890. The molecule has 2 N–H and O–H groups in total. The van der Waals surface area contributed by atoms with Crippen LogP contribution in [0.5, 0.6) is 0 Å². The van der Waals surface area contributed by atoms with Crippen molar-refractivity contribution in [3.8, 4) is 0 Å². The van der Waals surface area contributed by atoms with Gasteiger partial charge in [0, 0.05) is 47.2 Å². The SMILES string of the molecule is CC[C@H](C)[C@@H]([C@@H](CC(=O)N1CCC[C@H]1[C@H](OC)[C@@H](C)C(=O)N[C@H](C)[C@@H](O)c1ccccc1)OC)N(C)C(=O)[C@@H](CC(=O)[C@H](C(C)C)N(C)C(=O)OC)C(C)C. The molecule has 0 bridgehead atoms. The Bertz CT molecular complexity index is 1390. The topological polar surface area (TPSA) is 155 Å². The molecular formula is C42H70N4O9. The number of hydrogen-bond acceptors (Lipinski definition) is 9. The average Bonchev–Trinajstić information content (AvgIpc) is 3.65. The first-order valence-electron chi connectivity index (χ1n) is 19.9. The van der Waals surface area contributed by atoms with Gasteiger partial charge < -0.3 is 39.3 Å². The first-order valence-corrected chi connectivity index (χ1v) is 19.9. The number of carbonyl (C=O) groups excluding carboxylic acids is 5. The van der Waals surface area contributed by atoms with E-state index < -0.39 is 54.4 Å². The van der Waals surface area contributed by atoms with E-state index in [9.17, 15) is 29.1 Å². The lowest BCUT2D eigenvalue weighted by atomic mass is 9.83. The van der Waals surface area contributed by atoms with E-state index in [1.807, 2.05) is 71.9 Å². The Balaban J connectivity index is 2.28. The van der Waals surface area contributed by atoms with Crippen molar-refractivity contribution in [2.45, 2.75) is 130 Å². The Labute approximate surface area is 329 Å². The summed E-state index contributed by atoms with van der Waals surface area (Å²) in [5.74, 6) is -2.62. The van der Waals surface area contributed by atoms with Crippen molar-refractivity contribution in [1.29, 1.82) is 0 Å². The summed E-state index contributed by atoms with van der Waals surface area (Å²) >= 11 is 0. The number of likely N-dealkylation sites (N-methyl/N-ethyl adjacent to an activating group) is 2. The fraction of sp³-hybridized carbons (Fsp3) is 0.738. The van der Waals surface area contributed by atoms with E-state index >= 15 is 0 Å². The minimum absolute atomic E-state index is 0.00155. The Kier molecular flexibility index (Phi) is 19.3. The lowest BCUT2D eigenvalue weighted by molar-refractivity contribution is -0.149. The van der Waals surface area contributed by atoms with Gasteiger partial charge in [-0.05, 0) is 43.1 Å². The predicted octanol–water partition coefficient (Wildman–Crippen LogP) is 5.10. The van der Waals surface area contributed by atoms with E-state index in [1.165, 1.54) is 19.1 Å². The molecule has 0 radical (unpaired) electrons. The number of carbonyl (C=O) groups is 5. The molecule has 13 nitrogen and oxygen atoms in total. The monoisotopic (exact) mass is 775 g/mol. The highest BCUT2D eigenvalue weighted by Gasteiger charge is 2.43. The van der Waals surface area contributed by atoms with Crippen molar-refractivity contribution in [2.24, 2.45) is 29.6 Å². The summed E-state index contributed by atoms with van der Waals surface area (Å²) in [7, 11) is 7.60. The van der Waals surface area contributed by atoms with Gasteiger partial charge in [-0.25, -0.2) is 4.79 Å². The molecule has 4 amide bonds.